The van der Waals surface area contributed by atoms with Crippen LogP contribution >= 0.6 is 0 Å². The number of para-hydroxylation sites is 3. The summed E-state index contributed by atoms with van der Waals surface area (Å²) in [7, 11) is 0. The maximum absolute atomic E-state index is 5.54. The van der Waals surface area contributed by atoms with Crippen molar-refractivity contribution in [3.05, 3.63) is 89.5 Å². The van der Waals surface area contributed by atoms with E-state index < -0.39 is 0 Å². The Bertz CT molecular complexity index is 1460. The minimum absolute atomic E-state index is 0. The van der Waals surface area contributed by atoms with Crippen LogP contribution in [0.4, 0.5) is 0 Å². The van der Waals surface area contributed by atoms with Crippen molar-refractivity contribution in [2.75, 3.05) is 39.6 Å². The number of ether oxygens (including phenoxy) is 6. The van der Waals surface area contributed by atoms with Crippen LogP contribution in [0.2, 0.25) is 0 Å². The zero-order chi connectivity index (χ0) is 48.3. The highest BCUT2D eigenvalue weighted by Gasteiger charge is 2.49. The van der Waals surface area contributed by atoms with E-state index in [0.29, 0.717) is 38.1 Å². The highest BCUT2D eigenvalue weighted by Crippen LogP contribution is 2.59. The van der Waals surface area contributed by atoms with Crippen LogP contribution in [-0.4, -0.2) is 58.0 Å². The van der Waals surface area contributed by atoms with Crippen molar-refractivity contribution in [1.82, 2.24) is 0 Å². The highest BCUT2D eigenvalue weighted by atomic mass is 16.6. The molecule has 70 heavy (non-hydrogen) atoms. The maximum Gasteiger partial charge on any atom is 0.122 e. The molecule has 3 aromatic carbocycles. The second-order valence-corrected chi connectivity index (χ2v) is 18.3. The highest BCUT2D eigenvalue weighted by molar-refractivity contribution is 5.33. The van der Waals surface area contributed by atoms with Crippen molar-refractivity contribution in [1.29, 1.82) is 0 Å². The molecule has 9 fully saturated rings. The molecular weight excluding hydrogens is 865 g/mol. The van der Waals surface area contributed by atoms with Gasteiger partial charge in [0.05, 0.1) is 19.8 Å². The average molecular weight is 980 g/mol. The number of hydrogen-bond acceptors (Lipinski definition) is 6. The Balaban J connectivity index is 0. The number of benzene rings is 3. The Morgan fingerprint density at radius 1 is 0.357 bits per heavy atom. The molecule has 0 spiro atoms. The van der Waals surface area contributed by atoms with Gasteiger partial charge in [-0.3, -0.25) is 0 Å². The van der Waals surface area contributed by atoms with Crippen molar-refractivity contribution >= 4 is 0 Å². The normalized spacial score (nSPS) is 27.5. The molecule has 3 saturated heterocycles. The SMILES string of the molecule is C.C.C.C.C1CC2C3CCC(C3)C2C1.C1CC2C3CCC(C3)C2C1.CC.CC.CC.CC.CC.Cc1ccccc1OCC1CO1.Cc1ccccc1OCC1CO1.Cc1ccccc1OCC1CO1. The lowest BCUT2D eigenvalue weighted by atomic mass is 9.82. The zero-order valence-corrected chi connectivity index (χ0v) is 44.5. The van der Waals surface area contributed by atoms with Gasteiger partial charge in [0.25, 0.3) is 0 Å². The molecule has 6 heteroatoms. The van der Waals surface area contributed by atoms with E-state index in [0.717, 1.165) is 37.1 Å². The number of aryl methyl sites for hydroxylation is 3. The molecule has 12 rings (SSSR count). The van der Waals surface area contributed by atoms with Crippen LogP contribution in [0.5, 0.6) is 17.2 Å². The Labute approximate surface area is 435 Å². The number of rotatable bonds is 9. The molecule has 11 atom stereocenters. The lowest BCUT2D eigenvalue weighted by Gasteiger charge is -2.23. The van der Waals surface area contributed by atoms with Crippen molar-refractivity contribution in [3.63, 3.8) is 0 Å². The lowest BCUT2D eigenvalue weighted by molar-refractivity contribution is 0.259. The van der Waals surface area contributed by atoms with Crippen LogP contribution in [0.3, 0.4) is 0 Å². The van der Waals surface area contributed by atoms with E-state index in [1.165, 1.54) is 64.0 Å². The van der Waals surface area contributed by atoms with Gasteiger partial charge in [-0.25, -0.2) is 0 Å². The Morgan fingerprint density at radius 2 is 0.571 bits per heavy atom. The largest absolute Gasteiger partial charge is 0.491 e. The number of fused-ring (bicyclic) bond motifs is 10. The van der Waals surface area contributed by atoms with E-state index >= 15 is 0 Å². The maximum atomic E-state index is 5.54. The predicted octanol–water partition coefficient (Wildman–Crippen LogP) is 18.7. The molecule has 6 saturated carbocycles. The minimum Gasteiger partial charge on any atom is -0.491 e. The van der Waals surface area contributed by atoms with Gasteiger partial charge in [-0.15, -0.1) is 0 Å². The summed E-state index contributed by atoms with van der Waals surface area (Å²) in [6.07, 6.45) is 20.1. The lowest BCUT2D eigenvalue weighted by Crippen LogP contribution is -2.15. The van der Waals surface area contributed by atoms with Gasteiger partial charge in [-0.2, -0.15) is 0 Å². The Hall–Kier alpha value is -3.06. The van der Waals surface area contributed by atoms with Crippen molar-refractivity contribution in [3.8, 4) is 17.2 Å². The summed E-state index contributed by atoms with van der Waals surface area (Å²) in [5.41, 5.74) is 3.54. The van der Waals surface area contributed by atoms with Gasteiger partial charge < -0.3 is 28.4 Å². The molecule has 6 nitrogen and oxygen atoms in total. The Morgan fingerprint density at radius 3 is 0.771 bits per heavy atom. The molecular formula is C64H114O6. The van der Waals surface area contributed by atoms with Gasteiger partial charge in [0.2, 0.25) is 0 Å². The summed E-state index contributed by atoms with van der Waals surface area (Å²) in [5.74, 6) is 12.5. The molecule has 3 aliphatic heterocycles. The fourth-order valence-electron chi connectivity index (χ4n) is 11.2. The second kappa shape index (κ2) is 39.5. The fourth-order valence-corrected chi connectivity index (χ4v) is 11.2. The van der Waals surface area contributed by atoms with Crippen LogP contribution in [-0.2, 0) is 14.2 Å². The first-order chi connectivity index (χ1) is 32.5. The van der Waals surface area contributed by atoms with E-state index in [9.17, 15) is 0 Å². The van der Waals surface area contributed by atoms with Gasteiger partial charge in [0.1, 0.15) is 55.4 Å². The van der Waals surface area contributed by atoms with Crippen molar-refractivity contribution in [2.45, 2.75) is 215 Å². The van der Waals surface area contributed by atoms with Gasteiger partial charge >= 0.3 is 0 Å². The molecule has 406 valence electrons. The quantitative estimate of drug-likeness (QED) is 0.199. The molecule has 0 aromatic heterocycles. The smallest absolute Gasteiger partial charge is 0.122 e. The standard InChI is InChI=1S/3C10H12O2.2C10H16.5C2H6.4CH4/c3*1-8-4-2-3-5-10(8)12-7-9-6-11-9;2*1-2-9-7-4-5-8(6-7)10(9)3-1;5*1-2;;;;/h3*2-5,9H,6-7H2,1H3;2*7-10H,1-6H2;5*1-2H3;4*1H4. The third kappa shape index (κ3) is 22.8. The second-order valence-electron chi connectivity index (χ2n) is 18.3. The fraction of sp³-hybridized carbons (Fsp3) is 0.719. The van der Waals surface area contributed by atoms with Crippen LogP contribution < -0.4 is 14.2 Å². The summed E-state index contributed by atoms with van der Waals surface area (Å²) in [4.78, 5) is 0. The van der Waals surface area contributed by atoms with Gasteiger partial charge in [-0.1, -0.05) is 166 Å². The topological polar surface area (TPSA) is 65.3 Å². The summed E-state index contributed by atoms with van der Waals surface area (Å²) < 4.78 is 31.7. The Kier molecular flexibility index (Phi) is 38.9. The molecule has 6 aliphatic carbocycles. The average Bonchev–Trinajstić information content (AvgIpc) is 4.28. The minimum atomic E-state index is 0. The van der Waals surface area contributed by atoms with Crippen LogP contribution in [0, 0.1) is 68.1 Å². The van der Waals surface area contributed by atoms with Gasteiger partial charge in [0.15, 0.2) is 0 Å². The molecule has 3 aromatic rings. The van der Waals surface area contributed by atoms with E-state index in [1.807, 2.05) is 163 Å². The third-order valence-electron chi connectivity index (χ3n) is 14.5. The third-order valence-corrected chi connectivity index (χ3v) is 14.5. The van der Waals surface area contributed by atoms with Crippen LogP contribution in [0.25, 0.3) is 0 Å². The van der Waals surface area contributed by atoms with Gasteiger partial charge in [-0.05, 0) is 167 Å². The summed E-state index contributed by atoms with van der Waals surface area (Å²) in [6, 6.07) is 24.1. The first-order valence-corrected chi connectivity index (χ1v) is 27.4. The number of hydrogen-bond donors (Lipinski definition) is 0. The summed E-state index contributed by atoms with van der Waals surface area (Å²) in [6.45, 7) is 30.7. The van der Waals surface area contributed by atoms with Gasteiger partial charge in [0, 0.05) is 0 Å². The molecule has 0 amide bonds. The molecule has 9 aliphatic rings. The summed E-state index contributed by atoms with van der Waals surface area (Å²) in [5, 5.41) is 0. The van der Waals surface area contributed by atoms with Crippen molar-refractivity contribution < 1.29 is 28.4 Å². The van der Waals surface area contributed by atoms with E-state index in [1.54, 1.807) is 77.0 Å². The predicted molar refractivity (Wildman–Crippen MR) is 306 cm³/mol. The molecule has 11 unspecified atom stereocenters. The molecule has 0 radical (unpaired) electrons. The van der Waals surface area contributed by atoms with Crippen molar-refractivity contribution in [2.24, 2.45) is 47.3 Å². The summed E-state index contributed by atoms with van der Waals surface area (Å²) >= 11 is 0. The first-order valence-electron chi connectivity index (χ1n) is 27.4. The monoisotopic (exact) mass is 979 g/mol. The first kappa shape index (κ1) is 69.0. The zero-order valence-electron chi connectivity index (χ0n) is 44.5. The number of epoxide rings is 3. The van der Waals surface area contributed by atoms with E-state index in [-0.39, 0.29) is 29.7 Å². The van der Waals surface area contributed by atoms with E-state index in [2.05, 4.69) is 0 Å². The van der Waals surface area contributed by atoms with E-state index in [4.69, 9.17) is 28.4 Å². The molecule has 4 bridgehead atoms. The van der Waals surface area contributed by atoms with Crippen LogP contribution in [0.1, 0.15) is 193 Å². The molecule has 3 heterocycles. The molecule has 0 N–H and O–H groups in total. The van der Waals surface area contributed by atoms with Crippen LogP contribution in [0.15, 0.2) is 72.8 Å².